The van der Waals surface area contributed by atoms with E-state index >= 15 is 0 Å². The van der Waals surface area contributed by atoms with Crippen LogP contribution in [-0.2, 0) is 17.4 Å². The van der Waals surface area contributed by atoms with Crippen LogP contribution in [0.5, 0.6) is 0 Å². The Hall–Kier alpha value is -3.20. The predicted molar refractivity (Wildman–Crippen MR) is 114 cm³/mol. The smallest absolute Gasteiger partial charge is 0.356 e. The van der Waals surface area contributed by atoms with Crippen LogP contribution in [0.15, 0.2) is 53.9 Å². The third kappa shape index (κ3) is 6.39. The average molecular weight is 447 g/mol. The summed E-state index contributed by atoms with van der Waals surface area (Å²) >= 11 is 1.24. The summed E-state index contributed by atoms with van der Waals surface area (Å²) in [5.74, 6) is -0.566. The summed E-state index contributed by atoms with van der Waals surface area (Å²) in [6.07, 6.45) is -2.76. The Kier molecular flexibility index (Phi) is 7.06. The van der Waals surface area contributed by atoms with Crippen molar-refractivity contribution in [3.8, 4) is 11.3 Å². The van der Waals surface area contributed by atoms with Gasteiger partial charge in [0.15, 0.2) is 5.13 Å². The number of halogens is 3. The number of nitrogens with zero attached hydrogens (tertiary/aromatic N) is 1. The fraction of sp³-hybridized carbons (Fsp3) is 0.227. The van der Waals surface area contributed by atoms with Crippen molar-refractivity contribution < 1.29 is 22.8 Å². The van der Waals surface area contributed by atoms with Gasteiger partial charge in [0, 0.05) is 30.0 Å². The first-order chi connectivity index (χ1) is 14.7. The second-order valence-electron chi connectivity index (χ2n) is 6.85. The number of aryl methyl sites for hydroxylation is 1. The van der Waals surface area contributed by atoms with E-state index in [0.29, 0.717) is 17.4 Å². The predicted octanol–water partition coefficient (Wildman–Crippen LogP) is 5.15. The van der Waals surface area contributed by atoms with Gasteiger partial charge >= 0.3 is 6.18 Å². The maximum absolute atomic E-state index is 12.6. The first-order valence-corrected chi connectivity index (χ1v) is 10.4. The van der Waals surface area contributed by atoms with Crippen LogP contribution in [0.4, 0.5) is 18.3 Å². The molecule has 162 valence electrons. The Morgan fingerprint density at radius 2 is 1.71 bits per heavy atom. The van der Waals surface area contributed by atoms with Gasteiger partial charge in [-0.1, -0.05) is 24.3 Å². The van der Waals surface area contributed by atoms with Gasteiger partial charge in [-0.05, 0) is 42.7 Å². The summed E-state index contributed by atoms with van der Waals surface area (Å²) in [5.41, 5.74) is 2.03. The van der Waals surface area contributed by atoms with Gasteiger partial charge in [0.25, 0.3) is 5.91 Å². The summed E-state index contributed by atoms with van der Waals surface area (Å²) in [7, 11) is 0. The topological polar surface area (TPSA) is 71.1 Å². The fourth-order valence-electron chi connectivity index (χ4n) is 2.84. The summed E-state index contributed by atoms with van der Waals surface area (Å²) in [5, 5.41) is 7.53. The molecule has 1 heterocycles. The number of nitrogens with one attached hydrogen (secondary N) is 2. The van der Waals surface area contributed by atoms with Crippen molar-refractivity contribution in [2.24, 2.45) is 0 Å². The molecule has 3 aromatic rings. The lowest BCUT2D eigenvalue weighted by atomic mass is 10.1. The first-order valence-electron chi connectivity index (χ1n) is 9.50. The minimum atomic E-state index is -4.44. The monoisotopic (exact) mass is 447 g/mol. The highest BCUT2D eigenvalue weighted by atomic mass is 32.1. The minimum Gasteiger partial charge on any atom is -0.356 e. The van der Waals surface area contributed by atoms with Gasteiger partial charge in [-0.15, -0.1) is 11.3 Å². The highest BCUT2D eigenvalue weighted by Crippen LogP contribution is 2.29. The van der Waals surface area contributed by atoms with Gasteiger partial charge in [-0.3, -0.25) is 14.9 Å². The van der Waals surface area contributed by atoms with E-state index in [1.807, 2.05) is 24.3 Å². The van der Waals surface area contributed by atoms with Crippen LogP contribution < -0.4 is 10.6 Å². The van der Waals surface area contributed by atoms with Gasteiger partial charge in [0.2, 0.25) is 5.91 Å². The Morgan fingerprint density at radius 3 is 2.32 bits per heavy atom. The Balaban J connectivity index is 1.58. The fourth-order valence-corrected chi connectivity index (χ4v) is 3.56. The molecule has 0 aliphatic rings. The normalized spacial score (nSPS) is 11.2. The molecule has 0 unspecified atom stereocenters. The molecule has 0 radical (unpaired) electrons. The zero-order chi connectivity index (χ0) is 22.4. The zero-order valence-corrected chi connectivity index (χ0v) is 17.4. The van der Waals surface area contributed by atoms with Crippen LogP contribution in [-0.4, -0.2) is 23.3 Å². The Bertz CT molecular complexity index is 1050. The molecule has 1 aromatic heterocycles. The number of thiazole rings is 1. The maximum atomic E-state index is 12.6. The molecule has 9 heteroatoms. The molecule has 2 N–H and O–H groups in total. The SMILES string of the molecule is CC(=O)NCCCc1ccc(-c2csc(NC(=O)c3ccc(C(F)(F)F)cc3)n2)cc1. The number of carbonyl (C=O) groups excluding carboxylic acids is 2. The number of anilines is 1. The quantitative estimate of drug-likeness (QED) is 0.492. The van der Waals surface area contributed by atoms with Gasteiger partial charge < -0.3 is 5.32 Å². The lowest BCUT2D eigenvalue weighted by Crippen LogP contribution is -2.21. The molecule has 31 heavy (non-hydrogen) atoms. The molecule has 0 aliphatic heterocycles. The lowest BCUT2D eigenvalue weighted by Gasteiger charge is -2.07. The standard InChI is InChI=1S/C22H20F3N3O2S/c1-14(29)26-12-2-3-15-4-6-16(7-5-15)19-13-31-21(27-19)28-20(30)17-8-10-18(11-9-17)22(23,24)25/h4-11,13H,2-3,12H2,1H3,(H,26,29)(H,27,28,30). The summed E-state index contributed by atoms with van der Waals surface area (Å²) in [6.45, 7) is 2.12. The molecule has 0 saturated carbocycles. The van der Waals surface area contributed by atoms with E-state index in [4.69, 9.17) is 0 Å². The maximum Gasteiger partial charge on any atom is 0.416 e. The number of hydrogen-bond donors (Lipinski definition) is 2. The van der Waals surface area contributed by atoms with Crippen molar-refractivity contribution in [2.75, 3.05) is 11.9 Å². The van der Waals surface area contributed by atoms with E-state index in [1.54, 1.807) is 5.38 Å². The molecule has 0 spiro atoms. The molecule has 0 saturated heterocycles. The van der Waals surface area contributed by atoms with Crippen molar-refractivity contribution >= 4 is 28.3 Å². The van der Waals surface area contributed by atoms with Crippen LogP contribution in [0.25, 0.3) is 11.3 Å². The molecule has 3 rings (SSSR count). The highest BCUT2D eigenvalue weighted by molar-refractivity contribution is 7.14. The number of rotatable bonds is 7. The van der Waals surface area contributed by atoms with E-state index in [9.17, 15) is 22.8 Å². The molecule has 5 nitrogen and oxygen atoms in total. The molecule has 0 atom stereocenters. The van der Waals surface area contributed by atoms with Gasteiger partial charge in [-0.2, -0.15) is 13.2 Å². The number of hydrogen-bond acceptors (Lipinski definition) is 4. The van der Waals surface area contributed by atoms with Crippen LogP contribution in [0, 0.1) is 0 Å². The summed E-state index contributed by atoms with van der Waals surface area (Å²) in [4.78, 5) is 27.5. The molecular weight excluding hydrogens is 427 g/mol. The zero-order valence-electron chi connectivity index (χ0n) is 16.6. The molecule has 0 bridgehead atoms. The summed E-state index contributed by atoms with van der Waals surface area (Å²) in [6, 6.07) is 11.9. The number of benzene rings is 2. The van der Waals surface area contributed by atoms with Crippen molar-refractivity contribution in [1.29, 1.82) is 0 Å². The number of aromatic nitrogens is 1. The number of alkyl halides is 3. The highest BCUT2D eigenvalue weighted by Gasteiger charge is 2.30. The van der Waals surface area contributed by atoms with E-state index in [1.165, 1.54) is 18.3 Å². The van der Waals surface area contributed by atoms with Crippen LogP contribution in [0.2, 0.25) is 0 Å². The number of carbonyl (C=O) groups is 2. The third-order valence-corrected chi connectivity index (χ3v) is 5.22. The molecule has 2 aromatic carbocycles. The number of amides is 2. The van der Waals surface area contributed by atoms with Crippen molar-refractivity contribution in [3.05, 3.63) is 70.6 Å². The van der Waals surface area contributed by atoms with E-state index in [-0.39, 0.29) is 11.5 Å². The van der Waals surface area contributed by atoms with Gasteiger partial charge in [0.05, 0.1) is 11.3 Å². The second-order valence-corrected chi connectivity index (χ2v) is 7.71. The van der Waals surface area contributed by atoms with Crippen molar-refractivity contribution in [3.63, 3.8) is 0 Å². The second kappa shape index (κ2) is 9.74. The largest absolute Gasteiger partial charge is 0.416 e. The lowest BCUT2D eigenvalue weighted by molar-refractivity contribution is -0.137. The third-order valence-electron chi connectivity index (χ3n) is 4.46. The first kappa shape index (κ1) is 22.5. The Morgan fingerprint density at radius 1 is 1.03 bits per heavy atom. The molecule has 0 fully saturated rings. The minimum absolute atomic E-state index is 0.0416. The Labute approximate surface area is 181 Å². The van der Waals surface area contributed by atoms with Crippen LogP contribution in [0.1, 0.15) is 34.8 Å². The van der Waals surface area contributed by atoms with Crippen molar-refractivity contribution in [2.45, 2.75) is 25.9 Å². The van der Waals surface area contributed by atoms with Gasteiger partial charge in [0.1, 0.15) is 0 Å². The van der Waals surface area contributed by atoms with Crippen molar-refractivity contribution in [1.82, 2.24) is 10.3 Å². The molecule has 0 aliphatic carbocycles. The average Bonchev–Trinajstić information content (AvgIpc) is 3.19. The van der Waals surface area contributed by atoms with E-state index in [0.717, 1.165) is 48.2 Å². The van der Waals surface area contributed by atoms with E-state index < -0.39 is 17.6 Å². The molecular formula is C22H20F3N3O2S. The van der Waals surface area contributed by atoms with E-state index in [2.05, 4.69) is 15.6 Å². The van der Waals surface area contributed by atoms with Crippen LogP contribution >= 0.6 is 11.3 Å². The molecule has 2 amide bonds. The van der Waals surface area contributed by atoms with Gasteiger partial charge in [-0.25, -0.2) is 4.98 Å². The van der Waals surface area contributed by atoms with Crippen LogP contribution in [0.3, 0.4) is 0 Å². The summed E-state index contributed by atoms with van der Waals surface area (Å²) < 4.78 is 37.9.